The second kappa shape index (κ2) is 9.21. The lowest BCUT2D eigenvalue weighted by Crippen LogP contribution is -2.24. The van der Waals surface area contributed by atoms with E-state index >= 15 is 0 Å². The van der Waals surface area contributed by atoms with Crippen LogP contribution in [-0.2, 0) is 4.79 Å². The Bertz CT molecular complexity index is 1220. The molecule has 3 aromatic rings. The summed E-state index contributed by atoms with van der Waals surface area (Å²) in [7, 11) is 1.45. The van der Waals surface area contributed by atoms with Crippen molar-refractivity contribution in [3.63, 3.8) is 0 Å². The zero-order chi connectivity index (χ0) is 24.5. The molecule has 178 valence electrons. The number of nitrogens with one attached hydrogen (secondary N) is 1. The molecule has 1 atom stereocenters. The Labute approximate surface area is 195 Å². The molecule has 9 nitrogen and oxygen atoms in total. The van der Waals surface area contributed by atoms with Crippen LogP contribution in [0.5, 0.6) is 11.5 Å². The summed E-state index contributed by atoms with van der Waals surface area (Å²) >= 11 is 6.03. The Balaban J connectivity index is 1.40. The lowest BCUT2D eigenvalue weighted by atomic mass is 10.1. The largest absolute Gasteiger partial charge is 0.573 e. The Morgan fingerprint density at radius 1 is 1.21 bits per heavy atom. The van der Waals surface area contributed by atoms with Gasteiger partial charge in [-0.15, -0.1) is 18.3 Å². The van der Waals surface area contributed by atoms with Crippen LogP contribution in [0, 0.1) is 0 Å². The van der Waals surface area contributed by atoms with Crippen LogP contribution < -0.4 is 19.7 Å². The fraction of sp³-hybridized carbons (Fsp3) is 0.238. The first kappa shape index (κ1) is 23.4. The molecule has 1 aliphatic rings. The Morgan fingerprint density at radius 2 is 1.94 bits per heavy atom. The van der Waals surface area contributed by atoms with Gasteiger partial charge in [0.05, 0.1) is 18.1 Å². The van der Waals surface area contributed by atoms with Crippen LogP contribution in [0.3, 0.4) is 0 Å². The molecule has 2 aromatic carbocycles. The molecule has 0 spiro atoms. The van der Waals surface area contributed by atoms with Gasteiger partial charge in [-0.05, 0) is 42.5 Å². The minimum atomic E-state index is -4.80. The van der Waals surface area contributed by atoms with Crippen LogP contribution in [0.15, 0.2) is 46.9 Å². The van der Waals surface area contributed by atoms with E-state index < -0.39 is 23.9 Å². The molecule has 1 saturated heterocycles. The van der Waals surface area contributed by atoms with Gasteiger partial charge in [-0.25, -0.2) is 0 Å². The number of anilines is 2. The first-order valence-corrected chi connectivity index (χ1v) is 10.1. The number of hydrogen-bond acceptors (Lipinski definition) is 7. The van der Waals surface area contributed by atoms with Gasteiger partial charge in [-0.3, -0.25) is 14.9 Å². The van der Waals surface area contributed by atoms with Gasteiger partial charge < -0.3 is 18.8 Å². The highest BCUT2D eigenvalue weighted by Crippen LogP contribution is 2.33. The van der Waals surface area contributed by atoms with Crippen molar-refractivity contribution in [2.75, 3.05) is 23.9 Å². The van der Waals surface area contributed by atoms with Gasteiger partial charge in [0.1, 0.15) is 11.5 Å². The van der Waals surface area contributed by atoms with Gasteiger partial charge in [-0.2, -0.15) is 0 Å². The lowest BCUT2D eigenvalue weighted by Gasteiger charge is -2.17. The number of benzene rings is 2. The number of alkyl halides is 3. The molecule has 0 radical (unpaired) electrons. The van der Waals surface area contributed by atoms with E-state index in [0.717, 1.165) is 12.1 Å². The van der Waals surface area contributed by atoms with E-state index in [1.807, 2.05) is 0 Å². The van der Waals surface area contributed by atoms with E-state index in [0.29, 0.717) is 11.4 Å². The average molecular weight is 497 g/mol. The predicted octanol–water partition coefficient (Wildman–Crippen LogP) is 4.40. The number of amides is 2. The van der Waals surface area contributed by atoms with Gasteiger partial charge in [0.15, 0.2) is 0 Å². The average Bonchev–Trinajstić information content (AvgIpc) is 3.39. The van der Waals surface area contributed by atoms with Crippen molar-refractivity contribution in [2.24, 2.45) is 0 Å². The number of hydrogen-bond donors (Lipinski definition) is 1. The summed E-state index contributed by atoms with van der Waals surface area (Å²) in [6.45, 7) is 0.169. The van der Waals surface area contributed by atoms with Gasteiger partial charge in [0, 0.05) is 24.2 Å². The van der Waals surface area contributed by atoms with Crippen LogP contribution in [0.4, 0.5) is 24.9 Å². The molecular weight excluding hydrogens is 481 g/mol. The fourth-order valence-corrected chi connectivity index (χ4v) is 3.63. The van der Waals surface area contributed by atoms with Gasteiger partial charge in [0.25, 0.3) is 5.91 Å². The molecule has 4 rings (SSSR count). The summed E-state index contributed by atoms with van der Waals surface area (Å²) in [6, 6.07) is 9.25. The van der Waals surface area contributed by atoms with Crippen LogP contribution >= 0.6 is 11.6 Å². The topological polar surface area (TPSA) is 107 Å². The molecule has 2 heterocycles. The number of aromatic nitrogens is 2. The van der Waals surface area contributed by atoms with Crippen LogP contribution in [0.2, 0.25) is 5.02 Å². The summed E-state index contributed by atoms with van der Waals surface area (Å²) in [4.78, 5) is 26.3. The fourth-order valence-electron chi connectivity index (χ4n) is 3.38. The van der Waals surface area contributed by atoms with Crippen molar-refractivity contribution in [3.8, 4) is 11.5 Å². The predicted molar refractivity (Wildman–Crippen MR) is 113 cm³/mol. The monoisotopic (exact) mass is 496 g/mol. The van der Waals surface area contributed by atoms with Crippen LogP contribution in [0.25, 0.3) is 0 Å². The zero-order valence-electron chi connectivity index (χ0n) is 17.4. The third-order valence-corrected chi connectivity index (χ3v) is 5.23. The van der Waals surface area contributed by atoms with Gasteiger partial charge >= 0.3 is 12.4 Å². The Hall–Kier alpha value is -3.80. The van der Waals surface area contributed by atoms with Crippen LogP contribution in [0.1, 0.15) is 28.6 Å². The highest BCUT2D eigenvalue weighted by atomic mass is 35.5. The highest BCUT2D eigenvalue weighted by Gasteiger charge is 2.35. The number of ether oxygens (including phenoxy) is 2. The smallest absolute Gasteiger partial charge is 0.495 e. The molecule has 0 bridgehead atoms. The van der Waals surface area contributed by atoms with Crippen molar-refractivity contribution < 1.29 is 36.7 Å². The Kier molecular flexibility index (Phi) is 6.33. The molecule has 13 heteroatoms. The SMILES string of the molecule is COc1ccc(C(=O)Nc2nnc(C3CC(=O)N(c4ccc(OC(F)(F)F)cc4)C3)o2)cc1Cl. The standard InChI is InChI=1S/C21H16ClF3N4O5/c1-32-16-7-2-11(8-15(16)22)18(31)26-20-28-27-19(33-20)12-9-17(30)29(10-12)13-3-5-14(6-4-13)34-21(23,24)25/h2-8,12H,9-10H2,1H3,(H,26,28,31). The quantitative estimate of drug-likeness (QED) is 0.539. The number of nitrogens with zero attached hydrogens (tertiary/aromatic N) is 3. The van der Waals surface area contributed by atoms with E-state index in [-0.39, 0.29) is 41.4 Å². The van der Waals surface area contributed by atoms with E-state index in [1.165, 1.54) is 42.3 Å². The molecule has 0 aliphatic carbocycles. The molecule has 1 fully saturated rings. The number of methoxy groups -OCH3 is 1. The Morgan fingerprint density at radius 3 is 2.59 bits per heavy atom. The molecule has 1 N–H and O–H groups in total. The van der Waals surface area contributed by atoms with Crippen molar-refractivity contribution in [2.45, 2.75) is 18.7 Å². The van der Waals surface area contributed by atoms with E-state index in [1.54, 1.807) is 0 Å². The summed E-state index contributed by atoms with van der Waals surface area (Å²) < 4.78 is 51.4. The summed E-state index contributed by atoms with van der Waals surface area (Å²) in [5.41, 5.74) is 0.636. The van der Waals surface area contributed by atoms with E-state index in [2.05, 4.69) is 20.3 Å². The van der Waals surface area contributed by atoms with Crippen molar-refractivity contribution >= 4 is 35.1 Å². The van der Waals surface area contributed by atoms with Crippen molar-refractivity contribution in [1.82, 2.24) is 10.2 Å². The molecule has 34 heavy (non-hydrogen) atoms. The lowest BCUT2D eigenvalue weighted by molar-refractivity contribution is -0.274. The maximum Gasteiger partial charge on any atom is 0.573 e. The zero-order valence-corrected chi connectivity index (χ0v) is 18.2. The van der Waals surface area contributed by atoms with Crippen molar-refractivity contribution in [1.29, 1.82) is 0 Å². The summed E-state index contributed by atoms with van der Waals surface area (Å²) in [5, 5.41) is 10.4. The molecule has 1 aromatic heterocycles. The number of halogens is 4. The molecule has 1 aliphatic heterocycles. The number of rotatable bonds is 6. The number of carbonyl (C=O) groups excluding carboxylic acids is 2. The summed E-state index contributed by atoms with van der Waals surface area (Å²) in [5.74, 6) is -1.12. The highest BCUT2D eigenvalue weighted by molar-refractivity contribution is 6.32. The maximum absolute atomic E-state index is 12.5. The number of carbonyl (C=O) groups is 2. The first-order valence-electron chi connectivity index (χ1n) is 9.77. The van der Waals surface area contributed by atoms with Crippen LogP contribution in [-0.4, -0.2) is 42.0 Å². The minimum absolute atomic E-state index is 0.0461. The third kappa shape index (κ3) is 5.22. The normalized spacial score (nSPS) is 16.0. The molecule has 1 unspecified atom stereocenters. The van der Waals surface area contributed by atoms with E-state index in [4.69, 9.17) is 20.8 Å². The second-order valence-corrected chi connectivity index (χ2v) is 7.60. The van der Waals surface area contributed by atoms with Gasteiger partial charge in [0.2, 0.25) is 11.8 Å². The maximum atomic E-state index is 12.5. The first-order chi connectivity index (χ1) is 16.1. The second-order valence-electron chi connectivity index (χ2n) is 7.20. The summed E-state index contributed by atoms with van der Waals surface area (Å²) in [6.07, 6.45) is -4.76. The minimum Gasteiger partial charge on any atom is -0.495 e. The van der Waals surface area contributed by atoms with Gasteiger partial charge in [-0.1, -0.05) is 16.7 Å². The molecule has 0 saturated carbocycles. The molecular formula is C21H16ClF3N4O5. The van der Waals surface area contributed by atoms with Crippen molar-refractivity contribution in [3.05, 3.63) is 58.9 Å². The molecule has 2 amide bonds. The van der Waals surface area contributed by atoms with E-state index in [9.17, 15) is 22.8 Å². The third-order valence-electron chi connectivity index (χ3n) is 4.93.